The Bertz CT molecular complexity index is 2440. The van der Waals surface area contributed by atoms with E-state index in [0.717, 1.165) is 45.5 Å². The molecule has 0 spiro atoms. The molecule has 0 bridgehead atoms. The largest absolute Gasteiger partial charge is 0.416 e. The monoisotopic (exact) mass is 744 g/mol. The number of benzene rings is 4. The van der Waals surface area contributed by atoms with Crippen molar-refractivity contribution in [3.8, 4) is 11.1 Å². The second-order valence-corrected chi connectivity index (χ2v) is 13.0. The fourth-order valence-corrected chi connectivity index (χ4v) is 7.03. The number of amides is 1. The fraction of sp³-hybridized carbons (Fsp3) is 0.300. The van der Waals surface area contributed by atoms with Gasteiger partial charge in [0.05, 0.1) is 32.3 Å². The minimum absolute atomic E-state index is 0.0240. The van der Waals surface area contributed by atoms with E-state index in [1.807, 2.05) is 0 Å². The summed E-state index contributed by atoms with van der Waals surface area (Å²) in [4.78, 5) is 30.5. The molecule has 1 amide bonds. The second kappa shape index (κ2) is 16.4. The number of fused-ring (bicyclic) bond motifs is 1. The number of rotatable bonds is 12. The highest BCUT2D eigenvalue weighted by Crippen LogP contribution is 2.32. The molecule has 1 saturated heterocycles. The van der Waals surface area contributed by atoms with Gasteiger partial charge in [-0.05, 0) is 59.9 Å². The highest BCUT2D eigenvalue weighted by atomic mass is 32.2. The first kappa shape index (κ1) is 27.1. The van der Waals surface area contributed by atoms with E-state index in [1.165, 1.54) is 47.4 Å². The molecule has 52 heavy (non-hydrogen) atoms. The van der Waals surface area contributed by atoms with Crippen molar-refractivity contribution < 1.29 is 43.8 Å². The van der Waals surface area contributed by atoms with Gasteiger partial charge in [0.25, 0.3) is 0 Å². The van der Waals surface area contributed by atoms with Gasteiger partial charge in [0.15, 0.2) is 17.1 Å². The number of piperidine rings is 1. The number of aromatic nitrogens is 1. The molecule has 12 heteroatoms. The minimum atomic E-state index is -4.53. The molecule has 5 aromatic rings. The number of carbonyl (C=O) groups is 1. The van der Waals surface area contributed by atoms with Crippen LogP contribution in [-0.4, -0.2) is 59.5 Å². The number of pyridine rings is 1. The molecule has 0 aliphatic carbocycles. The van der Waals surface area contributed by atoms with Crippen LogP contribution in [0.3, 0.4) is 0 Å². The molecule has 0 radical (unpaired) electrons. The Kier molecular flexibility index (Phi) is 8.58. The summed E-state index contributed by atoms with van der Waals surface area (Å²) in [6, 6.07) is 20.8. The summed E-state index contributed by atoms with van der Waals surface area (Å²) in [5, 5.41) is -0.0130. The molecule has 1 aliphatic heterocycles. The Balaban J connectivity index is 1.37. The zero-order valence-electron chi connectivity index (χ0n) is 36.4. The van der Waals surface area contributed by atoms with Gasteiger partial charge in [-0.3, -0.25) is 9.59 Å². The van der Waals surface area contributed by atoms with Gasteiger partial charge in [-0.25, -0.2) is 8.78 Å². The molecule has 4 aromatic carbocycles. The van der Waals surface area contributed by atoms with Crippen LogP contribution in [0.4, 0.5) is 22.0 Å². The molecular weight excluding hydrogens is 698 g/mol. The number of likely N-dealkylation sites (tertiary alicyclic amines) is 1. The molecule has 0 atom stereocenters. The Hall–Kier alpha value is -4.52. The fourth-order valence-electron chi connectivity index (χ4n) is 6.04. The number of carbonyl (C=O) groups excluding carboxylic acids is 1. The normalized spacial score (nSPS) is 17.8. The van der Waals surface area contributed by atoms with Crippen LogP contribution in [0.5, 0.6) is 0 Å². The van der Waals surface area contributed by atoms with Gasteiger partial charge in [0, 0.05) is 64.7 Å². The zero-order chi connectivity index (χ0) is 44.7. The number of hydrogen-bond donors (Lipinski definition) is 0. The maximum absolute atomic E-state index is 14.9. The van der Waals surface area contributed by atoms with Crippen LogP contribution in [0, 0.1) is 11.6 Å². The van der Waals surface area contributed by atoms with E-state index in [2.05, 4.69) is 4.74 Å². The standard InChI is InChI=1S/C40H38F5N3O3S/c1-51-22-21-46-19-17-32(18-20-46)47(24-27-9-11-28(12-10-27)29-13-15-31(16-14-29)40(43,44)45)37(50)25-48-35-8-3-2-6-33(35)36(49)23-38(48)52-26-30-5-4-7-34(41)39(30)42/h2-16,23,32H,17-22,24-26H2,1H3/i1D3,21D2,22D2,25D2. The van der Waals surface area contributed by atoms with Gasteiger partial charge < -0.3 is 19.1 Å². The third-order valence-electron chi connectivity index (χ3n) is 8.77. The van der Waals surface area contributed by atoms with Crippen molar-refractivity contribution in [2.45, 2.75) is 48.9 Å². The summed E-state index contributed by atoms with van der Waals surface area (Å²) < 4.78 is 148. The van der Waals surface area contributed by atoms with Crippen molar-refractivity contribution in [2.75, 3.05) is 33.2 Å². The molecule has 6 rings (SSSR count). The van der Waals surface area contributed by atoms with Crippen LogP contribution in [0.15, 0.2) is 107 Å². The highest BCUT2D eigenvalue weighted by molar-refractivity contribution is 7.98. The number of halogens is 5. The third kappa shape index (κ3) is 8.74. The first-order chi connectivity index (χ1) is 28.4. The van der Waals surface area contributed by atoms with Gasteiger partial charge >= 0.3 is 6.18 Å². The molecule has 0 N–H and O–H groups in total. The average molecular weight is 745 g/mol. The Labute approximate surface area is 315 Å². The quantitative estimate of drug-likeness (QED) is 0.0950. The zero-order valence-corrected chi connectivity index (χ0v) is 28.2. The Morgan fingerprint density at radius 1 is 0.962 bits per heavy atom. The minimum Gasteiger partial charge on any atom is -0.383 e. The van der Waals surface area contributed by atoms with Gasteiger partial charge in [-0.2, -0.15) is 13.2 Å². The first-order valence-corrected chi connectivity index (χ1v) is 17.1. The lowest BCUT2D eigenvalue weighted by atomic mass is 10.00. The molecule has 2 heterocycles. The van der Waals surface area contributed by atoms with Crippen molar-refractivity contribution in [2.24, 2.45) is 0 Å². The molecule has 1 fully saturated rings. The summed E-state index contributed by atoms with van der Waals surface area (Å²) in [6.45, 7) is -9.90. The highest BCUT2D eigenvalue weighted by Gasteiger charge is 2.31. The maximum atomic E-state index is 14.9. The summed E-state index contributed by atoms with van der Waals surface area (Å²) >= 11 is 0.806. The second-order valence-electron chi connectivity index (χ2n) is 12.1. The number of hydrogen-bond acceptors (Lipinski definition) is 5. The van der Waals surface area contributed by atoms with E-state index in [0.29, 0.717) is 16.7 Å². The lowest BCUT2D eigenvalue weighted by Crippen LogP contribution is -2.48. The molecule has 0 unspecified atom stereocenters. The molecule has 0 saturated carbocycles. The lowest BCUT2D eigenvalue weighted by molar-refractivity contribution is -0.137. The smallest absolute Gasteiger partial charge is 0.383 e. The van der Waals surface area contributed by atoms with Gasteiger partial charge in [-0.1, -0.05) is 60.7 Å². The van der Waals surface area contributed by atoms with Gasteiger partial charge in [0.2, 0.25) is 5.91 Å². The van der Waals surface area contributed by atoms with Crippen LogP contribution in [0.1, 0.15) is 41.9 Å². The van der Waals surface area contributed by atoms with Crippen molar-refractivity contribution in [3.63, 3.8) is 0 Å². The van der Waals surface area contributed by atoms with Crippen LogP contribution in [0.25, 0.3) is 22.0 Å². The Morgan fingerprint density at radius 3 is 2.35 bits per heavy atom. The molecule has 272 valence electrons. The van der Waals surface area contributed by atoms with Crippen LogP contribution in [0.2, 0.25) is 0 Å². The van der Waals surface area contributed by atoms with Crippen molar-refractivity contribution in [3.05, 3.63) is 136 Å². The lowest BCUT2D eigenvalue weighted by Gasteiger charge is -2.39. The molecule has 1 aliphatic rings. The van der Waals surface area contributed by atoms with Crippen LogP contribution >= 0.6 is 11.8 Å². The summed E-state index contributed by atoms with van der Waals surface area (Å²) in [5.41, 5.74) is 0.0929. The molecular formula is C40H38F5N3O3S. The van der Waals surface area contributed by atoms with Gasteiger partial charge in [-0.15, -0.1) is 11.8 Å². The number of para-hydroxylation sites is 1. The van der Waals surface area contributed by atoms with E-state index in [4.69, 9.17) is 9.60 Å². The number of nitrogens with zero attached hydrogens (tertiary/aromatic N) is 3. The summed E-state index contributed by atoms with van der Waals surface area (Å²) in [5.74, 6) is -3.59. The molecule has 1 aromatic heterocycles. The topological polar surface area (TPSA) is 54.8 Å². The van der Waals surface area contributed by atoms with Crippen LogP contribution < -0.4 is 5.43 Å². The van der Waals surface area contributed by atoms with E-state index in [9.17, 15) is 34.3 Å². The summed E-state index contributed by atoms with van der Waals surface area (Å²) in [7, 11) is -3.26. The number of methoxy groups -OCH3 is 1. The van der Waals surface area contributed by atoms with E-state index < -0.39 is 67.3 Å². The van der Waals surface area contributed by atoms with Gasteiger partial charge in [0.1, 0.15) is 6.50 Å². The predicted octanol–water partition coefficient (Wildman–Crippen LogP) is 8.40. The van der Waals surface area contributed by atoms with Crippen molar-refractivity contribution in [1.82, 2.24) is 14.4 Å². The van der Waals surface area contributed by atoms with Crippen LogP contribution in [-0.2, 0) is 34.5 Å². The van der Waals surface area contributed by atoms with E-state index >= 15 is 0 Å². The first-order valence-electron chi connectivity index (χ1n) is 20.6. The van der Waals surface area contributed by atoms with E-state index in [-0.39, 0.29) is 59.7 Å². The molecule has 6 nitrogen and oxygen atoms in total. The maximum Gasteiger partial charge on any atom is 0.416 e. The Morgan fingerprint density at radius 2 is 1.65 bits per heavy atom. The third-order valence-corrected chi connectivity index (χ3v) is 9.82. The average Bonchev–Trinajstić information content (AvgIpc) is 3.19. The SMILES string of the molecule is [2H]C([2H])([2H])OC([2H])([2H])C([2H])([2H])N1CCC(N(Cc2ccc(-c3ccc(C(F)(F)F)cc3)cc2)C(=O)C([2H])([2H])n2c(SCc3cccc(F)c3F)cc(=O)c3ccccc32)CC1. The number of alkyl halides is 3. The van der Waals surface area contributed by atoms with Crippen molar-refractivity contribution >= 4 is 28.6 Å². The van der Waals surface area contributed by atoms with E-state index in [1.54, 1.807) is 30.3 Å². The predicted molar refractivity (Wildman–Crippen MR) is 193 cm³/mol. The number of ether oxygens (including phenoxy) is 1. The van der Waals surface area contributed by atoms with Crippen molar-refractivity contribution in [1.29, 1.82) is 0 Å². The summed E-state index contributed by atoms with van der Waals surface area (Å²) in [6.07, 6.45) is -4.61. The number of thioether (sulfide) groups is 1.